The van der Waals surface area contributed by atoms with Crippen LogP contribution in [0.1, 0.15) is 77.0 Å². The molecule has 4 bridgehead atoms. The van der Waals surface area contributed by atoms with E-state index in [9.17, 15) is 0 Å². The molecule has 0 aromatic rings. The van der Waals surface area contributed by atoms with Crippen molar-refractivity contribution in [1.82, 2.24) is 0 Å². The second-order valence-electron chi connectivity index (χ2n) is 16.1. The second-order valence-corrected chi connectivity index (χ2v) is 32.2. The molecule has 212 valence electrons. The van der Waals surface area contributed by atoms with Crippen molar-refractivity contribution in [2.75, 3.05) is 0 Å². The fourth-order valence-electron chi connectivity index (χ4n) is 10.2. The summed E-state index contributed by atoms with van der Waals surface area (Å²) in [4.78, 5) is 0. The molecule has 0 amide bonds. The van der Waals surface area contributed by atoms with Gasteiger partial charge in [-0.2, -0.15) is 0 Å². The molecule has 6 fully saturated rings. The second kappa shape index (κ2) is 9.91. The lowest BCUT2D eigenvalue weighted by atomic mass is 9.88. The molecule has 6 aliphatic rings. The third-order valence-electron chi connectivity index (χ3n) is 11.9. The first-order valence-electron chi connectivity index (χ1n) is 16.1. The maximum absolute atomic E-state index is 7.47. The van der Waals surface area contributed by atoms with Crippen LogP contribution in [0.5, 0.6) is 0 Å². The van der Waals surface area contributed by atoms with Crippen LogP contribution in [0.15, 0.2) is 0 Å². The summed E-state index contributed by atoms with van der Waals surface area (Å²) in [6, 6.07) is 1.23. The molecular weight excluding hydrogens is 525 g/mol. The van der Waals surface area contributed by atoms with Crippen LogP contribution in [0.2, 0.25) is 63.0 Å². The predicted molar refractivity (Wildman–Crippen MR) is 161 cm³/mol. The highest BCUT2D eigenvalue weighted by Gasteiger charge is 2.57. The minimum absolute atomic E-state index is 0.581. The van der Waals surface area contributed by atoms with Gasteiger partial charge in [0.2, 0.25) is 0 Å². The third kappa shape index (κ3) is 6.02. The standard InChI is InChI=1S/C29H56O4Si4/c1-34(2,15-14-21-10-13-26-27(18-21)30-26)31-37(7,32-35(3,4)28-19-22-8-11-24(28)16-22)33-36(5,6)29-20-23-9-12-25(29)17-23/h21-29H,8-20H2,1-7H3. The number of rotatable bonds is 11. The lowest BCUT2D eigenvalue weighted by Gasteiger charge is -2.48. The van der Waals surface area contributed by atoms with Gasteiger partial charge >= 0.3 is 8.80 Å². The summed E-state index contributed by atoms with van der Waals surface area (Å²) < 4.78 is 28.1. The lowest BCUT2D eigenvalue weighted by Crippen LogP contribution is -2.62. The fourth-order valence-corrected chi connectivity index (χ4v) is 30.9. The first-order chi connectivity index (χ1) is 17.3. The Hall–Kier alpha value is 0.708. The van der Waals surface area contributed by atoms with E-state index < -0.39 is 33.8 Å². The predicted octanol–water partition coefficient (Wildman–Crippen LogP) is 8.56. The molecule has 5 aliphatic carbocycles. The zero-order valence-electron chi connectivity index (χ0n) is 25.0. The largest absolute Gasteiger partial charge is 0.466 e. The van der Waals surface area contributed by atoms with Crippen LogP contribution in [0.4, 0.5) is 0 Å². The maximum Gasteiger partial charge on any atom is 0.466 e. The topological polar surface area (TPSA) is 40.2 Å². The molecule has 4 nitrogen and oxygen atoms in total. The summed E-state index contributed by atoms with van der Waals surface area (Å²) in [5.41, 5.74) is 1.60. The number of epoxide rings is 1. The Balaban J connectivity index is 1.17. The van der Waals surface area contributed by atoms with Gasteiger partial charge in [0.15, 0.2) is 25.0 Å². The molecule has 9 unspecified atom stereocenters. The summed E-state index contributed by atoms with van der Waals surface area (Å²) in [5, 5.41) is 0. The Morgan fingerprint density at radius 3 is 1.62 bits per heavy atom. The molecule has 6 rings (SSSR count). The number of fused-ring (bicyclic) bond motifs is 5. The van der Waals surface area contributed by atoms with Gasteiger partial charge in [-0.25, -0.2) is 0 Å². The molecule has 0 spiro atoms. The van der Waals surface area contributed by atoms with Gasteiger partial charge in [0.1, 0.15) is 0 Å². The van der Waals surface area contributed by atoms with E-state index in [0.29, 0.717) is 12.2 Å². The van der Waals surface area contributed by atoms with Crippen LogP contribution in [0.3, 0.4) is 0 Å². The molecule has 0 aromatic carbocycles. The summed E-state index contributed by atoms with van der Waals surface area (Å²) in [6.45, 7) is 17.3. The first kappa shape index (κ1) is 27.9. The Morgan fingerprint density at radius 1 is 0.595 bits per heavy atom. The Morgan fingerprint density at radius 2 is 1.16 bits per heavy atom. The van der Waals surface area contributed by atoms with E-state index in [1.54, 1.807) is 0 Å². The van der Waals surface area contributed by atoms with Gasteiger partial charge < -0.3 is 17.1 Å². The molecule has 8 heteroatoms. The van der Waals surface area contributed by atoms with Crippen LogP contribution in [0.25, 0.3) is 0 Å². The number of ether oxygens (including phenoxy) is 1. The maximum atomic E-state index is 7.47. The Bertz CT molecular complexity index is 808. The summed E-state index contributed by atoms with van der Waals surface area (Å²) >= 11 is 0. The van der Waals surface area contributed by atoms with Gasteiger partial charge in [0.25, 0.3) is 0 Å². The van der Waals surface area contributed by atoms with E-state index >= 15 is 0 Å². The summed E-state index contributed by atoms with van der Waals surface area (Å²) in [7, 11) is -8.57. The molecule has 0 aromatic heterocycles. The van der Waals surface area contributed by atoms with Gasteiger partial charge in [-0.1, -0.05) is 32.1 Å². The van der Waals surface area contributed by atoms with Crippen molar-refractivity contribution >= 4 is 33.8 Å². The van der Waals surface area contributed by atoms with E-state index in [2.05, 4.69) is 45.8 Å². The Labute approximate surface area is 232 Å². The zero-order chi connectivity index (χ0) is 26.2. The first-order valence-corrected chi connectivity index (χ1v) is 27.4. The quantitative estimate of drug-likeness (QED) is 0.181. The Kier molecular flexibility index (Phi) is 7.46. The highest BCUT2D eigenvalue weighted by Crippen LogP contribution is 2.58. The lowest BCUT2D eigenvalue weighted by molar-refractivity contribution is 0.242. The highest BCUT2D eigenvalue weighted by atomic mass is 28.5. The van der Waals surface area contributed by atoms with Crippen molar-refractivity contribution in [2.45, 2.75) is 152 Å². The molecule has 1 aliphatic heterocycles. The highest BCUT2D eigenvalue weighted by molar-refractivity contribution is 6.91. The van der Waals surface area contributed by atoms with Crippen molar-refractivity contribution in [3.05, 3.63) is 0 Å². The van der Waals surface area contributed by atoms with Crippen molar-refractivity contribution in [3.63, 3.8) is 0 Å². The van der Waals surface area contributed by atoms with Crippen molar-refractivity contribution in [3.8, 4) is 0 Å². The molecule has 37 heavy (non-hydrogen) atoms. The van der Waals surface area contributed by atoms with Gasteiger partial charge in [-0.15, -0.1) is 0 Å². The van der Waals surface area contributed by atoms with Crippen LogP contribution in [-0.2, 0) is 17.1 Å². The zero-order valence-corrected chi connectivity index (χ0v) is 29.0. The molecule has 0 N–H and O–H groups in total. The van der Waals surface area contributed by atoms with E-state index in [1.807, 2.05) is 0 Å². The van der Waals surface area contributed by atoms with Crippen molar-refractivity contribution < 1.29 is 17.1 Å². The number of hydrogen-bond acceptors (Lipinski definition) is 4. The molecule has 5 saturated carbocycles. The van der Waals surface area contributed by atoms with E-state index in [1.165, 1.54) is 83.1 Å². The molecule has 1 heterocycles. The number of hydrogen-bond donors (Lipinski definition) is 0. The molecule has 0 radical (unpaired) electrons. The molecule has 1 saturated heterocycles. The van der Waals surface area contributed by atoms with Crippen LogP contribution in [0, 0.1) is 29.6 Å². The SMILES string of the molecule is C[Si](C)(CCC1CCC2OC2C1)O[Si](C)(O[Si](C)(C)C1CC2CCC1C2)O[Si](C)(C)C1CC2CCC1C2. The minimum atomic E-state index is -2.78. The van der Waals surface area contributed by atoms with Crippen molar-refractivity contribution in [1.29, 1.82) is 0 Å². The fraction of sp³-hybridized carbons (Fsp3) is 1.00. The molecular formula is C29H56O4Si4. The van der Waals surface area contributed by atoms with E-state index in [-0.39, 0.29) is 0 Å². The van der Waals surface area contributed by atoms with E-state index in [0.717, 1.165) is 40.7 Å². The van der Waals surface area contributed by atoms with E-state index in [4.69, 9.17) is 17.1 Å². The smallest absolute Gasteiger partial charge is 0.417 e. The third-order valence-corrected chi connectivity index (χ3v) is 29.2. The normalized spacial score (nSPS) is 42.7. The van der Waals surface area contributed by atoms with Crippen molar-refractivity contribution in [2.24, 2.45) is 29.6 Å². The van der Waals surface area contributed by atoms with Crippen LogP contribution >= 0.6 is 0 Å². The summed E-state index contributed by atoms with van der Waals surface area (Å²) in [6.07, 6.45) is 17.9. The van der Waals surface area contributed by atoms with Gasteiger partial charge in [-0.3, -0.25) is 0 Å². The van der Waals surface area contributed by atoms with Crippen LogP contribution in [-0.4, -0.2) is 46.0 Å². The average Bonchev–Trinajstić information content (AvgIpc) is 3.25. The van der Waals surface area contributed by atoms with Gasteiger partial charge in [0.05, 0.1) is 12.2 Å². The monoisotopic (exact) mass is 580 g/mol. The van der Waals surface area contributed by atoms with Gasteiger partial charge in [0, 0.05) is 6.55 Å². The van der Waals surface area contributed by atoms with Crippen LogP contribution < -0.4 is 0 Å². The minimum Gasteiger partial charge on any atom is -0.417 e. The summed E-state index contributed by atoms with van der Waals surface area (Å²) in [5.74, 6) is 4.58. The average molecular weight is 581 g/mol. The van der Waals surface area contributed by atoms with Gasteiger partial charge in [-0.05, 0) is 131 Å². The molecule has 9 atom stereocenters.